The number of rotatable bonds is 4. The molecular formula is C15H17N3O2. The highest BCUT2D eigenvalue weighted by Gasteiger charge is 2.09. The number of nitrogens with zero attached hydrogens (tertiary/aromatic N) is 2. The maximum atomic E-state index is 12.2. The van der Waals surface area contributed by atoms with Crippen LogP contribution in [0.4, 0.5) is 0 Å². The van der Waals surface area contributed by atoms with Crippen molar-refractivity contribution >= 4 is 5.78 Å². The lowest BCUT2D eigenvalue weighted by Crippen LogP contribution is -2.27. The quantitative estimate of drug-likeness (QED) is 0.863. The fourth-order valence-corrected chi connectivity index (χ4v) is 2.01. The first kappa shape index (κ1) is 14.0. The number of benzene rings is 1. The molecule has 1 aromatic carbocycles. The second-order valence-corrected chi connectivity index (χ2v) is 4.57. The average molecular weight is 271 g/mol. The van der Waals surface area contributed by atoms with Crippen molar-refractivity contribution in [3.63, 3.8) is 0 Å². The van der Waals surface area contributed by atoms with Gasteiger partial charge in [-0.3, -0.25) is 10.2 Å². The third kappa shape index (κ3) is 2.93. The lowest BCUT2D eigenvalue weighted by Gasteiger charge is -2.10. The first-order valence-corrected chi connectivity index (χ1v) is 6.28. The normalized spacial score (nSPS) is 10.3. The Morgan fingerprint density at radius 2 is 1.95 bits per heavy atom. The molecule has 1 N–H and O–H groups in total. The van der Waals surface area contributed by atoms with Gasteiger partial charge in [-0.25, -0.2) is 4.98 Å². The molecule has 0 unspecified atom stereocenters. The highest BCUT2D eigenvalue weighted by atomic mass is 16.5. The van der Waals surface area contributed by atoms with Gasteiger partial charge in [-0.15, -0.1) is 0 Å². The molecule has 0 radical (unpaired) electrons. The van der Waals surface area contributed by atoms with E-state index in [-0.39, 0.29) is 17.8 Å². The third-order valence-corrected chi connectivity index (χ3v) is 3.08. The van der Waals surface area contributed by atoms with Gasteiger partial charge in [0.2, 0.25) is 0 Å². The number of hydrogen-bond acceptors (Lipinski definition) is 4. The van der Waals surface area contributed by atoms with Crippen molar-refractivity contribution in [3.8, 4) is 5.75 Å². The zero-order valence-corrected chi connectivity index (χ0v) is 11.8. The second-order valence-electron chi connectivity index (χ2n) is 4.57. The Hall–Kier alpha value is -2.43. The van der Waals surface area contributed by atoms with Gasteiger partial charge in [-0.2, -0.15) is 0 Å². The second kappa shape index (κ2) is 5.69. The number of methoxy groups -OCH3 is 1. The number of Topliss-reactive ketones (excluding diaryl/α,β-unsaturated/α-hetero) is 1. The Labute approximate surface area is 117 Å². The molecule has 0 aliphatic heterocycles. The monoisotopic (exact) mass is 271 g/mol. The summed E-state index contributed by atoms with van der Waals surface area (Å²) in [5.41, 5.74) is 1.66. The lowest BCUT2D eigenvalue weighted by atomic mass is 10.1. The summed E-state index contributed by atoms with van der Waals surface area (Å²) in [6.07, 6.45) is 0. The first-order valence-electron chi connectivity index (χ1n) is 6.28. The maximum absolute atomic E-state index is 12.2. The molecule has 1 heterocycles. The van der Waals surface area contributed by atoms with Crippen LogP contribution >= 0.6 is 0 Å². The van der Waals surface area contributed by atoms with Crippen LogP contribution in [0, 0.1) is 19.3 Å². The van der Waals surface area contributed by atoms with Gasteiger partial charge >= 0.3 is 0 Å². The molecule has 2 rings (SSSR count). The molecule has 0 aliphatic rings. The summed E-state index contributed by atoms with van der Waals surface area (Å²) in [5, 5.41) is 7.92. The van der Waals surface area contributed by atoms with Crippen molar-refractivity contribution in [2.75, 3.05) is 7.11 Å². The van der Waals surface area contributed by atoms with Gasteiger partial charge in [0.25, 0.3) is 0 Å². The van der Waals surface area contributed by atoms with Crippen LogP contribution in [0.3, 0.4) is 0 Å². The summed E-state index contributed by atoms with van der Waals surface area (Å²) >= 11 is 0. The smallest absolute Gasteiger partial charge is 0.182 e. The standard InChI is InChI=1S/C15H17N3O2/c1-10-8-15(16)18(11(2)17-10)9-14(19)12-4-6-13(20-3)7-5-12/h4-8,16H,9H2,1-3H3. The van der Waals surface area contributed by atoms with Crippen molar-refractivity contribution in [1.29, 1.82) is 5.41 Å². The van der Waals surface area contributed by atoms with E-state index in [9.17, 15) is 4.79 Å². The zero-order chi connectivity index (χ0) is 14.7. The Balaban J connectivity index is 2.25. The molecule has 5 nitrogen and oxygen atoms in total. The van der Waals surface area contributed by atoms with E-state index in [0.717, 1.165) is 5.69 Å². The Morgan fingerprint density at radius 1 is 1.30 bits per heavy atom. The Bertz CT molecular complexity index is 687. The predicted octanol–water partition coefficient (Wildman–Crippen LogP) is 1.87. The third-order valence-electron chi connectivity index (χ3n) is 3.08. The largest absolute Gasteiger partial charge is 0.497 e. The number of ether oxygens (including phenoxy) is 1. The van der Waals surface area contributed by atoms with Crippen LogP contribution in [-0.2, 0) is 6.54 Å². The highest BCUT2D eigenvalue weighted by Crippen LogP contribution is 2.12. The SMILES string of the molecule is COc1ccc(C(=O)Cn2c(C)nc(C)cc2=N)cc1. The van der Waals surface area contributed by atoms with Crippen molar-refractivity contribution < 1.29 is 9.53 Å². The summed E-state index contributed by atoms with van der Waals surface area (Å²) < 4.78 is 6.66. The molecule has 104 valence electrons. The molecule has 20 heavy (non-hydrogen) atoms. The van der Waals surface area contributed by atoms with Crippen LogP contribution in [0.1, 0.15) is 21.9 Å². The van der Waals surface area contributed by atoms with Crippen molar-refractivity contribution in [2.45, 2.75) is 20.4 Å². The minimum atomic E-state index is -0.0556. The first-order chi connectivity index (χ1) is 9.51. The Morgan fingerprint density at radius 3 is 2.50 bits per heavy atom. The average Bonchev–Trinajstić information content (AvgIpc) is 2.42. The molecular weight excluding hydrogens is 254 g/mol. The van der Waals surface area contributed by atoms with Gasteiger partial charge in [0, 0.05) is 17.3 Å². The number of carbonyl (C=O) groups excluding carboxylic acids is 1. The van der Waals surface area contributed by atoms with Crippen LogP contribution < -0.4 is 10.2 Å². The van der Waals surface area contributed by atoms with Gasteiger partial charge in [-0.1, -0.05) is 0 Å². The molecule has 0 amide bonds. The lowest BCUT2D eigenvalue weighted by molar-refractivity contribution is 0.0968. The van der Waals surface area contributed by atoms with Crippen LogP contribution in [-0.4, -0.2) is 22.4 Å². The van der Waals surface area contributed by atoms with E-state index in [1.165, 1.54) is 0 Å². The van der Waals surface area contributed by atoms with E-state index in [4.69, 9.17) is 10.1 Å². The molecule has 0 saturated carbocycles. The zero-order valence-electron chi connectivity index (χ0n) is 11.8. The summed E-state index contributed by atoms with van der Waals surface area (Å²) in [7, 11) is 1.58. The van der Waals surface area contributed by atoms with Crippen molar-refractivity contribution in [1.82, 2.24) is 9.55 Å². The van der Waals surface area contributed by atoms with Crippen molar-refractivity contribution in [2.24, 2.45) is 0 Å². The molecule has 1 aromatic heterocycles. The number of nitrogens with one attached hydrogen (secondary N) is 1. The van der Waals surface area contributed by atoms with Crippen molar-refractivity contribution in [3.05, 3.63) is 52.9 Å². The summed E-state index contributed by atoms with van der Waals surface area (Å²) in [6.45, 7) is 3.75. The molecule has 0 saturated heterocycles. The minimum Gasteiger partial charge on any atom is -0.497 e. The van der Waals surface area contributed by atoms with E-state index < -0.39 is 0 Å². The number of carbonyl (C=O) groups is 1. The van der Waals surface area contributed by atoms with Gasteiger partial charge in [0.15, 0.2) is 5.78 Å². The minimum absolute atomic E-state index is 0.0556. The fourth-order valence-electron chi connectivity index (χ4n) is 2.01. The molecule has 0 aliphatic carbocycles. The topological polar surface area (TPSA) is 68.0 Å². The van der Waals surface area contributed by atoms with Crippen LogP contribution in [0.15, 0.2) is 30.3 Å². The van der Waals surface area contributed by atoms with Gasteiger partial charge in [0.05, 0.1) is 13.7 Å². The molecule has 0 spiro atoms. The van der Waals surface area contributed by atoms with Crippen LogP contribution in [0.2, 0.25) is 0 Å². The van der Waals surface area contributed by atoms with Gasteiger partial charge in [0.1, 0.15) is 17.1 Å². The summed E-state index contributed by atoms with van der Waals surface area (Å²) in [6, 6.07) is 8.60. The van der Waals surface area contributed by atoms with E-state index >= 15 is 0 Å². The molecule has 5 heteroatoms. The van der Waals surface area contributed by atoms with Crippen LogP contribution in [0.5, 0.6) is 5.75 Å². The van der Waals surface area contributed by atoms with E-state index in [2.05, 4.69) is 4.98 Å². The van der Waals surface area contributed by atoms with E-state index in [0.29, 0.717) is 17.1 Å². The predicted molar refractivity (Wildman–Crippen MR) is 74.9 cm³/mol. The van der Waals surface area contributed by atoms with Gasteiger partial charge in [-0.05, 0) is 38.1 Å². The Kier molecular flexibility index (Phi) is 3.98. The summed E-state index contributed by atoms with van der Waals surface area (Å²) in [4.78, 5) is 16.5. The van der Waals surface area contributed by atoms with E-state index in [1.54, 1.807) is 48.9 Å². The van der Waals surface area contributed by atoms with Gasteiger partial charge < -0.3 is 9.30 Å². The fraction of sp³-hybridized carbons (Fsp3) is 0.267. The van der Waals surface area contributed by atoms with E-state index in [1.807, 2.05) is 6.92 Å². The molecule has 0 atom stereocenters. The number of aryl methyl sites for hydroxylation is 2. The number of aromatic nitrogens is 2. The molecule has 0 bridgehead atoms. The van der Waals surface area contributed by atoms with Crippen LogP contribution in [0.25, 0.3) is 0 Å². The summed E-state index contributed by atoms with van der Waals surface area (Å²) in [5.74, 6) is 1.32. The maximum Gasteiger partial charge on any atom is 0.182 e. The highest BCUT2D eigenvalue weighted by molar-refractivity contribution is 5.96. The molecule has 2 aromatic rings. The number of ketones is 1. The molecule has 0 fully saturated rings. The number of hydrogen-bond donors (Lipinski definition) is 1.